The van der Waals surface area contributed by atoms with Gasteiger partial charge in [-0.1, -0.05) is 18.2 Å². The minimum atomic E-state index is -0.0953. The molecule has 0 aliphatic carbocycles. The Labute approximate surface area is 199 Å². The third kappa shape index (κ3) is 4.48. The zero-order valence-corrected chi connectivity index (χ0v) is 19.7. The van der Waals surface area contributed by atoms with Gasteiger partial charge in [0.25, 0.3) is 0 Å². The molecule has 1 aromatic carbocycles. The molecule has 2 aliphatic heterocycles. The summed E-state index contributed by atoms with van der Waals surface area (Å²) in [7, 11) is 1.79. The Bertz CT molecular complexity index is 1260. The quantitative estimate of drug-likeness (QED) is 0.581. The van der Waals surface area contributed by atoms with Crippen molar-refractivity contribution in [2.45, 2.75) is 45.2 Å². The number of hydrogen-bond donors (Lipinski definition) is 1. The number of nitrogens with one attached hydrogen (secondary N) is 1. The maximum atomic E-state index is 12.8. The minimum absolute atomic E-state index is 0.0373. The summed E-state index contributed by atoms with van der Waals surface area (Å²) in [5, 5.41) is 4.04. The summed E-state index contributed by atoms with van der Waals surface area (Å²) >= 11 is 0. The van der Waals surface area contributed by atoms with E-state index in [0.717, 1.165) is 72.2 Å². The molecule has 34 heavy (non-hydrogen) atoms. The molecule has 3 aromatic rings. The summed E-state index contributed by atoms with van der Waals surface area (Å²) in [4.78, 5) is 33.9. The van der Waals surface area contributed by atoms with Crippen LogP contribution in [0.3, 0.4) is 0 Å². The van der Waals surface area contributed by atoms with E-state index in [1.54, 1.807) is 30.3 Å². The number of fused-ring (bicyclic) bond motifs is 2. The molecular weight excluding hydrogens is 428 g/mol. The number of likely N-dealkylation sites (tertiary alicyclic amines) is 1. The molecular formula is C27H30N4O3. The van der Waals surface area contributed by atoms with Gasteiger partial charge in [0.2, 0.25) is 11.8 Å². The SMILES string of the molecule is Cc1oc2ccccc2c1CN(C)C(=O)C=Cc1cnc2c(c1)CCC(N1CCCC1)C(=O)N2. The molecule has 1 fully saturated rings. The van der Waals surface area contributed by atoms with Crippen molar-refractivity contribution in [3.05, 3.63) is 65.1 Å². The van der Waals surface area contributed by atoms with Gasteiger partial charge in [-0.15, -0.1) is 0 Å². The summed E-state index contributed by atoms with van der Waals surface area (Å²) in [6.07, 6.45) is 8.94. The molecule has 1 unspecified atom stereocenters. The maximum Gasteiger partial charge on any atom is 0.246 e. The van der Waals surface area contributed by atoms with Gasteiger partial charge in [-0.3, -0.25) is 14.5 Å². The molecule has 7 nitrogen and oxygen atoms in total. The first-order valence-electron chi connectivity index (χ1n) is 11.9. The Morgan fingerprint density at radius 2 is 2.09 bits per heavy atom. The Balaban J connectivity index is 1.26. The number of para-hydroxylation sites is 1. The third-order valence-corrected chi connectivity index (χ3v) is 6.89. The molecule has 5 rings (SSSR count). The normalized spacial score (nSPS) is 18.8. The monoisotopic (exact) mass is 458 g/mol. The van der Waals surface area contributed by atoms with Crippen LogP contribution in [0, 0.1) is 6.92 Å². The third-order valence-electron chi connectivity index (χ3n) is 6.89. The molecule has 0 bridgehead atoms. The Hall–Kier alpha value is -3.45. The highest BCUT2D eigenvalue weighted by atomic mass is 16.3. The van der Waals surface area contributed by atoms with Crippen LogP contribution >= 0.6 is 0 Å². The average Bonchev–Trinajstić information content (AvgIpc) is 3.43. The van der Waals surface area contributed by atoms with E-state index in [1.807, 2.05) is 37.3 Å². The second-order valence-corrected chi connectivity index (χ2v) is 9.22. The van der Waals surface area contributed by atoms with Gasteiger partial charge >= 0.3 is 0 Å². The molecule has 0 spiro atoms. The molecule has 1 saturated heterocycles. The van der Waals surface area contributed by atoms with E-state index < -0.39 is 0 Å². The second kappa shape index (κ2) is 9.43. The van der Waals surface area contributed by atoms with E-state index in [0.29, 0.717) is 12.4 Å². The number of aromatic nitrogens is 1. The number of benzene rings is 1. The number of hydrogen-bond acceptors (Lipinski definition) is 5. The summed E-state index contributed by atoms with van der Waals surface area (Å²) in [5.41, 5.74) is 3.72. The number of carbonyl (C=O) groups excluding carboxylic acids is 2. The number of rotatable bonds is 5. The molecule has 0 saturated carbocycles. The predicted molar refractivity (Wildman–Crippen MR) is 132 cm³/mol. The van der Waals surface area contributed by atoms with Crippen LogP contribution in [0.4, 0.5) is 5.82 Å². The maximum absolute atomic E-state index is 12.8. The van der Waals surface area contributed by atoms with E-state index in [9.17, 15) is 9.59 Å². The van der Waals surface area contributed by atoms with E-state index >= 15 is 0 Å². The lowest BCUT2D eigenvalue weighted by atomic mass is 10.0. The van der Waals surface area contributed by atoms with Gasteiger partial charge in [-0.25, -0.2) is 4.98 Å². The zero-order valence-electron chi connectivity index (χ0n) is 19.7. The second-order valence-electron chi connectivity index (χ2n) is 9.22. The highest BCUT2D eigenvalue weighted by Gasteiger charge is 2.31. The molecule has 0 radical (unpaired) electrons. The Morgan fingerprint density at radius 1 is 1.29 bits per heavy atom. The smallest absolute Gasteiger partial charge is 0.246 e. The largest absolute Gasteiger partial charge is 0.461 e. The molecule has 1 atom stereocenters. The van der Waals surface area contributed by atoms with E-state index in [4.69, 9.17) is 4.42 Å². The van der Waals surface area contributed by atoms with E-state index in [-0.39, 0.29) is 17.9 Å². The van der Waals surface area contributed by atoms with Crippen molar-refractivity contribution < 1.29 is 14.0 Å². The van der Waals surface area contributed by atoms with Crippen molar-refractivity contribution in [2.75, 3.05) is 25.5 Å². The van der Waals surface area contributed by atoms with Gasteiger partial charge in [0.15, 0.2) is 0 Å². The summed E-state index contributed by atoms with van der Waals surface area (Å²) in [6, 6.07) is 9.81. The van der Waals surface area contributed by atoms with Crippen LogP contribution in [0.25, 0.3) is 17.0 Å². The fraction of sp³-hybridized carbons (Fsp3) is 0.370. The van der Waals surface area contributed by atoms with Gasteiger partial charge in [-0.05, 0) is 75.0 Å². The van der Waals surface area contributed by atoms with Crippen LogP contribution in [0.5, 0.6) is 0 Å². The topological polar surface area (TPSA) is 78.7 Å². The molecule has 2 amide bonds. The highest BCUT2D eigenvalue weighted by molar-refractivity contribution is 5.96. The first kappa shape index (κ1) is 22.3. The summed E-state index contributed by atoms with van der Waals surface area (Å²) in [6.45, 7) is 4.37. The van der Waals surface area contributed by atoms with E-state index in [1.165, 1.54) is 0 Å². The van der Waals surface area contributed by atoms with Crippen molar-refractivity contribution >= 4 is 34.7 Å². The first-order valence-corrected chi connectivity index (χ1v) is 11.9. The number of aryl methyl sites for hydroxylation is 2. The van der Waals surface area contributed by atoms with Gasteiger partial charge < -0.3 is 14.6 Å². The standard InChI is InChI=1S/C27H30N4O3/c1-18-22(21-7-3-4-8-24(21)34-18)17-30(2)25(32)12-9-19-15-20-10-11-23(31-13-5-6-14-31)27(33)29-26(20)28-16-19/h3-4,7-9,12,15-16,23H,5-6,10-11,13-14,17H2,1-2H3,(H,28,29,33). The van der Waals surface area contributed by atoms with Crippen molar-refractivity contribution in [2.24, 2.45) is 0 Å². The van der Waals surface area contributed by atoms with Crippen LogP contribution in [0.15, 0.2) is 47.0 Å². The first-order chi connectivity index (χ1) is 16.5. The van der Waals surface area contributed by atoms with Crippen molar-refractivity contribution in [1.29, 1.82) is 0 Å². The lowest BCUT2D eigenvalue weighted by molar-refractivity contribution is -0.125. The van der Waals surface area contributed by atoms with Crippen LogP contribution in [-0.4, -0.2) is 52.8 Å². The van der Waals surface area contributed by atoms with Gasteiger partial charge in [0, 0.05) is 36.8 Å². The van der Waals surface area contributed by atoms with Crippen LogP contribution < -0.4 is 5.32 Å². The van der Waals surface area contributed by atoms with Crippen LogP contribution in [-0.2, 0) is 22.6 Å². The van der Waals surface area contributed by atoms with Gasteiger partial charge in [0.1, 0.15) is 17.2 Å². The number of carbonyl (C=O) groups is 2. The molecule has 2 aliphatic rings. The lowest BCUT2D eigenvalue weighted by Crippen LogP contribution is -2.41. The zero-order chi connectivity index (χ0) is 23.7. The number of amides is 2. The summed E-state index contributed by atoms with van der Waals surface area (Å²) in [5.74, 6) is 1.40. The average molecular weight is 459 g/mol. The van der Waals surface area contributed by atoms with E-state index in [2.05, 4.69) is 15.2 Å². The molecule has 7 heteroatoms. The molecule has 2 aromatic heterocycles. The molecule has 4 heterocycles. The Kier molecular flexibility index (Phi) is 6.20. The number of nitrogens with zero attached hydrogens (tertiary/aromatic N) is 3. The van der Waals surface area contributed by atoms with Gasteiger partial charge in [-0.2, -0.15) is 0 Å². The fourth-order valence-electron chi connectivity index (χ4n) is 4.98. The van der Waals surface area contributed by atoms with Crippen LogP contribution in [0.1, 0.15) is 41.7 Å². The van der Waals surface area contributed by atoms with Crippen LogP contribution in [0.2, 0.25) is 0 Å². The number of likely N-dealkylation sites (N-methyl/N-ethyl adjacent to an activating group) is 1. The predicted octanol–water partition coefficient (Wildman–Crippen LogP) is 4.16. The number of pyridine rings is 1. The minimum Gasteiger partial charge on any atom is -0.461 e. The van der Waals surface area contributed by atoms with Crippen molar-refractivity contribution in [1.82, 2.24) is 14.8 Å². The van der Waals surface area contributed by atoms with Crippen molar-refractivity contribution in [3.8, 4) is 0 Å². The molecule has 176 valence electrons. The lowest BCUT2D eigenvalue weighted by Gasteiger charge is -2.24. The number of anilines is 1. The van der Waals surface area contributed by atoms with Crippen molar-refractivity contribution in [3.63, 3.8) is 0 Å². The fourth-order valence-corrected chi connectivity index (χ4v) is 4.98. The summed E-state index contributed by atoms with van der Waals surface area (Å²) < 4.78 is 5.82. The Morgan fingerprint density at radius 3 is 2.91 bits per heavy atom. The highest BCUT2D eigenvalue weighted by Crippen LogP contribution is 2.27. The number of furan rings is 1. The van der Waals surface area contributed by atoms with Gasteiger partial charge in [0.05, 0.1) is 6.04 Å². The molecule has 1 N–H and O–H groups in total.